The lowest BCUT2D eigenvalue weighted by molar-refractivity contribution is -0.167. The number of esters is 3. The molecule has 1 rings (SSSR count). The summed E-state index contributed by atoms with van der Waals surface area (Å²) < 4.78 is 21.0. The second kappa shape index (κ2) is 12.4. The third-order valence-corrected chi connectivity index (χ3v) is 15.6. The highest BCUT2D eigenvalue weighted by Gasteiger charge is 2.42. The van der Waals surface area contributed by atoms with E-state index in [9.17, 15) is 19.2 Å². The molecule has 0 aromatic carbocycles. The lowest BCUT2D eigenvalue weighted by Crippen LogP contribution is -2.46. The van der Waals surface area contributed by atoms with Crippen molar-refractivity contribution in [3.63, 3.8) is 0 Å². The minimum Gasteiger partial charge on any atom is -0.481 e. The Bertz CT molecular complexity index is 718. The Labute approximate surface area is 206 Å². The molecule has 198 valence electrons. The third kappa shape index (κ3) is 11.2. The first-order valence-electron chi connectivity index (χ1n) is 11.5. The predicted molar refractivity (Wildman–Crippen MR) is 133 cm³/mol. The van der Waals surface area contributed by atoms with Gasteiger partial charge in [-0.2, -0.15) is 0 Å². The fraction of sp³-hybridized carbons (Fsp3) is 0.826. The Balaban J connectivity index is 0.000000644. The summed E-state index contributed by atoms with van der Waals surface area (Å²) in [6.45, 7) is 20.8. The molecular formula is C23H44O9Si2. The number of ether oxygens (including phenoxy) is 2. The Hall–Kier alpha value is -1.57. The van der Waals surface area contributed by atoms with Gasteiger partial charge in [-0.1, -0.05) is 41.5 Å². The van der Waals surface area contributed by atoms with Gasteiger partial charge in [0.25, 0.3) is 0 Å². The van der Waals surface area contributed by atoms with Gasteiger partial charge in [0.1, 0.15) is 0 Å². The van der Waals surface area contributed by atoms with Crippen LogP contribution in [-0.4, -0.2) is 64.9 Å². The van der Waals surface area contributed by atoms with Crippen LogP contribution in [0.25, 0.3) is 0 Å². The molecule has 1 aliphatic heterocycles. The molecule has 0 unspecified atom stereocenters. The Kier molecular flexibility index (Phi) is 11.8. The second-order valence-electron chi connectivity index (χ2n) is 11.6. The van der Waals surface area contributed by atoms with Crippen molar-refractivity contribution in [3.8, 4) is 0 Å². The summed E-state index contributed by atoms with van der Waals surface area (Å²) in [5.41, 5.74) is 0. The first kappa shape index (κ1) is 32.4. The normalized spacial score (nSPS) is 16.8. The summed E-state index contributed by atoms with van der Waals surface area (Å²) in [6, 6.07) is 0. The summed E-state index contributed by atoms with van der Waals surface area (Å²) >= 11 is 0. The molecule has 0 aromatic heterocycles. The Morgan fingerprint density at radius 3 is 1.74 bits per heavy atom. The molecule has 9 nitrogen and oxygen atoms in total. The molecule has 1 saturated heterocycles. The first-order chi connectivity index (χ1) is 15.1. The number of aliphatic carboxylic acids is 1. The van der Waals surface area contributed by atoms with Crippen LogP contribution in [0.5, 0.6) is 0 Å². The third-order valence-electron chi connectivity index (χ3n) is 6.58. The average molecular weight is 521 g/mol. The van der Waals surface area contributed by atoms with E-state index in [0.29, 0.717) is 0 Å². The maximum Gasteiger partial charge on any atom is 0.316 e. The van der Waals surface area contributed by atoms with E-state index >= 15 is 0 Å². The van der Waals surface area contributed by atoms with Gasteiger partial charge in [-0.3, -0.25) is 19.2 Å². The molecule has 0 aromatic rings. The van der Waals surface area contributed by atoms with Gasteiger partial charge in [0.05, 0.1) is 45.0 Å². The van der Waals surface area contributed by atoms with Gasteiger partial charge >= 0.3 is 23.9 Å². The monoisotopic (exact) mass is 520 g/mol. The summed E-state index contributed by atoms with van der Waals surface area (Å²) in [7, 11) is -2.71. The predicted octanol–water partition coefficient (Wildman–Crippen LogP) is 4.66. The molecule has 0 saturated carbocycles. The van der Waals surface area contributed by atoms with Crippen LogP contribution in [0.15, 0.2) is 0 Å². The zero-order valence-electron chi connectivity index (χ0n) is 22.7. The number of methoxy groups -OCH3 is 1. The van der Waals surface area contributed by atoms with Gasteiger partial charge in [0, 0.05) is 0 Å². The highest BCUT2D eigenvalue weighted by Crippen LogP contribution is 2.39. The molecular weight excluding hydrogens is 476 g/mol. The van der Waals surface area contributed by atoms with Crippen molar-refractivity contribution in [2.75, 3.05) is 7.11 Å². The molecule has 1 N–H and O–H groups in total. The summed E-state index contributed by atoms with van der Waals surface area (Å²) in [5, 5.41) is 8.91. The molecule has 11 heteroatoms. The number of rotatable bonds is 8. The molecule has 0 radical (unpaired) electrons. The standard InChI is InChI=1S/C12H24O5Si.C11H20O4Si/c1-12(2,3)18(5,6)17-9(7-10(13)14)8-11(15)16-4;1-11(2,3)16(4,5)15-8-6-9(12)14-10(13)7-8/h9H,7-8H2,1-6H3,(H,13,14);8H,6-7H2,1-5H3/t9-;/m1./s1. The molecule has 1 fully saturated rings. The fourth-order valence-corrected chi connectivity index (χ4v) is 5.25. The Morgan fingerprint density at radius 2 is 1.38 bits per heavy atom. The number of carbonyl (C=O) groups is 4. The van der Waals surface area contributed by atoms with E-state index < -0.39 is 46.6 Å². The van der Waals surface area contributed by atoms with Crippen LogP contribution in [-0.2, 0) is 37.5 Å². The SMILES string of the molecule is CC(C)(C)[Si](C)(C)OC1CC(=O)OC(=O)C1.COC(=O)C[C@@H](CC(=O)O)O[Si](C)(C)C(C)(C)C. The first-order valence-corrected chi connectivity index (χ1v) is 17.3. The lowest BCUT2D eigenvalue weighted by atomic mass is 10.1. The van der Waals surface area contributed by atoms with Crippen LogP contribution >= 0.6 is 0 Å². The number of hydrogen-bond donors (Lipinski definition) is 1. The quantitative estimate of drug-likeness (QED) is 0.276. The van der Waals surface area contributed by atoms with Crippen LogP contribution in [0.1, 0.15) is 67.2 Å². The average Bonchev–Trinajstić information content (AvgIpc) is 2.57. The van der Waals surface area contributed by atoms with Crippen molar-refractivity contribution in [2.24, 2.45) is 0 Å². The van der Waals surface area contributed by atoms with Crippen molar-refractivity contribution in [2.45, 2.75) is 116 Å². The van der Waals surface area contributed by atoms with E-state index in [-0.39, 0.29) is 41.9 Å². The maximum absolute atomic E-state index is 11.3. The molecule has 1 aliphatic rings. The Morgan fingerprint density at radius 1 is 0.941 bits per heavy atom. The summed E-state index contributed by atoms with van der Waals surface area (Å²) in [5.74, 6) is -2.36. The van der Waals surface area contributed by atoms with Crippen LogP contribution in [0.4, 0.5) is 0 Å². The highest BCUT2D eigenvalue weighted by molar-refractivity contribution is 6.74. The number of cyclic esters (lactones) is 2. The van der Waals surface area contributed by atoms with Crippen molar-refractivity contribution in [1.29, 1.82) is 0 Å². The van der Waals surface area contributed by atoms with Gasteiger partial charge in [-0.15, -0.1) is 0 Å². The molecule has 0 bridgehead atoms. The number of carboxylic acid groups (broad SMARTS) is 1. The number of carbonyl (C=O) groups excluding carboxylic acids is 3. The zero-order chi connectivity index (χ0) is 27.1. The van der Waals surface area contributed by atoms with E-state index in [1.54, 1.807) is 0 Å². The van der Waals surface area contributed by atoms with Crippen LogP contribution < -0.4 is 0 Å². The van der Waals surface area contributed by atoms with Crippen molar-refractivity contribution >= 4 is 40.5 Å². The number of hydrogen-bond acceptors (Lipinski definition) is 8. The largest absolute Gasteiger partial charge is 0.481 e. The van der Waals surface area contributed by atoms with Crippen LogP contribution in [0.3, 0.4) is 0 Å². The van der Waals surface area contributed by atoms with E-state index in [1.165, 1.54) is 7.11 Å². The van der Waals surface area contributed by atoms with Gasteiger partial charge < -0.3 is 23.4 Å². The van der Waals surface area contributed by atoms with E-state index in [1.807, 2.05) is 13.1 Å². The lowest BCUT2D eigenvalue weighted by Gasteiger charge is -2.39. The molecule has 1 heterocycles. The van der Waals surface area contributed by atoms with Crippen molar-refractivity contribution in [3.05, 3.63) is 0 Å². The van der Waals surface area contributed by atoms with Gasteiger partial charge in [-0.25, -0.2) is 0 Å². The van der Waals surface area contributed by atoms with E-state index in [0.717, 1.165) is 0 Å². The topological polar surface area (TPSA) is 125 Å². The van der Waals surface area contributed by atoms with Crippen molar-refractivity contribution < 1.29 is 42.6 Å². The molecule has 0 spiro atoms. The molecule has 0 amide bonds. The van der Waals surface area contributed by atoms with Crippen molar-refractivity contribution in [1.82, 2.24) is 0 Å². The summed E-state index contributed by atoms with van der Waals surface area (Å²) in [4.78, 5) is 44.3. The van der Waals surface area contributed by atoms with E-state index in [2.05, 4.69) is 64.1 Å². The maximum atomic E-state index is 11.3. The second-order valence-corrected chi connectivity index (χ2v) is 21.1. The van der Waals surface area contributed by atoms with E-state index in [4.69, 9.17) is 14.0 Å². The molecule has 1 atom stereocenters. The van der Waals surface area contributed by atoms with Crippen LogP contribution in [0, 0.1) is 0 Å². The van der Waals surface area contributed by atoms with Gasteiger partial charge in [-0.05, 0) is 36.3 Å². The zero-order valence-corrected chi connectivity index (χ0v) is 24.7. The van der Waals surface area contributed by atoms with Crippen LogP contribution in [0.2, 0.25) is 36.3 Å². The summed E-state index contributed by atoms with van der Waals surface area (Å²) in [6.07, 6.45) is -0.724. The minimum atomic E-state index is -2.09. The highest BCUT2D eigenvalue weighted by atomic mass is 28.4. The fourth-order valence-electron chi connectivity index (χ4n) is 2.54. The molecule has 34 heavy (non-hydrogen) atoms. The smallest absolute Gasteiger partial charge is 0.316 e. The minimum absolute atomic E-state index is 0.0185. The molecule has 0 aliphatic carbocycles. The van der Waals surface area contributed by atoms with Gasteiger partial charge in [0.2, 0.25) is 0 Å². The van der Waals surface area contributed by atoms with Gasteiger partial charge in [0.15, 0.2) is 16.6 Å². The number of carboxylic acids is 1.